The average Bonchev–Trinajstić information content (AvgIpc) is 2.58. The fraction of sp³-hybridized carbons (Fsp3) is 0.667. The van der Waals surface area contributed by atoms with Crippen molar-refractivity contribution < 1.29 is 0 Å². The van der Waals surface area contributed by atoms with Gasteiger partial charge >= 0.3 is 0 Å². The zero-order valence-electron chi connectivity index (χ0n) is 14.6. The van der Waals surface area contributed by atoms with Crippen LogP contribution in [0, 0.1) is 5.92 Å². The van der Waals surface area contributed by atoms with Gasteiger partial charge in [0.25, 0.3) is 0 Å². The smallest absolute Gasteiger partial charge is 0.0499 e. The van der Waals surface area contributed by atoms with Crippen LogP contribution in [0.4, 0.5) is 0 Å². The van der Waals surface area contributed by atoms with Crippen molar-refractivity contribution in [3.05, 3.63) is 35.9 Å². The molecule has 1 aliphatic heterocycles. The molecular weight excluding hydrogens is 286 g/mol. The molecule has 1 fully saturated rings. The Labute approximate surface area is 141 Å². The lowest BCUT2D eigenvalue weighted by Crippen LogP contribution is -2.45. The zero-order valence-corrected chi connectivity index (χ0v) is 14.6. The Morgan fingerprint density at radius 1 is 0.870 bits per heavy atom. The Kier molecular flexibility index (Phi) is 8.57. The lowest BCUT2D eigenvalue weighted by atomic mass is 10.1. The van der Waals surface area contributed by atoms with Gasteiger partial charge in [0.15, 0.2) is 0 Å². The molecule has 0 bridgehead atoms. The molecule has 0 saturated carbocycles. The molecule has 1 aliphatic rings. The minimum absolute atomic E-state index is 0.394. The van der Waals surface area contributed by atoms with Gasteiger partial charge in [-0.1, -0.05) is 37.3 Å². The summed E-state index contributed by atoms with van der Waals surface area (Å²) < 4.78 is 0. The van der Waals surface area contributed by atoms with Crippen molar-refractivity contribution in [2.75, 3.05) is 52.6 Å². The normalized spacial score (nSPS) is 22.3. The second-order valence-corrected chi connectivity index (χ2v) is 6.51. The van der Waals surface area contributed by atoms with Crippen molar-refractivity contribution >= 4 is 0 Å². The number of nitrogens with zero attached hydrogens (tertiary/aromatic N) is 1. The number of nitrogens with one attached hydrogen (secondary N) is 4. The summed E-state index contributed by atoms with van der Waals surface area (Å²) in [5.74, 6) is 0.674. The van der Waals surface area contributed by atoms with E-state index < -0.39 is 0 Å². The molecular formula is C18H33N5. The number of hydrogen-bond donors (Lipinski definition) is 4. The van der Waals surface area contributed by atoms with E-state index in [1.807, 2.05) is 0 Å². The summed E-state index contributed by atoms with van der Waals surface area (Å²) in [4.78, 5) is 2.45. The van der Waals surface area contributed by atoms with Gasteiger partial charge in [0, 0.05) is 45.6 Å². The molecule has 23 heavy (non-hydrogen) atoms. The summed E-state index contributed by atoms with van der Waals surface area (Å²) in [5.41, 5.74) is 1.36. The Morgan fingerprint density at radius 3 is 1.96 bits per heavy atom. The van der Waals surface area contributed by atoms with Gasteiger partial charge in [-0.2, -0.15) is 0 Å². The van der Waals surface area contributed by atoms with E-state index >= 15 is 0 Å². The second-order valence-electron chi connectivity index (χ2n) is 6.51. The van der Waals surface area contributed by atoms with E-state index in [2.05, 4.69) is 70.3 Å². The molecule has 1 aromatic rings. The molecule has 2 rings (SSSR count). The molecule has 1 unspecified atom stereocenters. The van der Waals surface area contributed by atoms with E-state index in [0.29, 0.717) is 12.0 Å². The highest BCUT2D eigenvalue weighted by Gasteiger charge is 2.14. The van der Waals surface area contributed by atoms with Gasteiger partial charge in [0.1, 0.15) is 0 Å². The van der Waals surface area contributed by atoms with Gasteiger partial charge in [0.2, 0.25) is 0 Å². The van der Waals surface area contributed by atoms with Crippen molar-refractivity contribution in [2.45, 2.75) is 19.9 Å². The molecule has 1 heterocycles. The summed E-state index contributed by atoms with van der Waals surface area (Å²) in [6.45, 7) is 12.5. The van der Waals surface area contributed by atoms with Gasteiger partial charge in [-0.3, -0.25) is 4.90 Å². The van der Waals surface area contributed by atoms with Crippen LogP contribution in [-0.2, 0) is 0 Å². The fourth-order valence-electron chi connectivity index (χ4n) is 2.84. The van der Waals surface area contributed by atoms with Gasteiger partial charge < -0.3 is 21.3 Å². The molecule has 1 aromatic carbocycles. The van der Waals surface area contributed by atoms with Crippen LogP contribution in [-0.4, -0.2) is 57.5 Å². The maximum Gasteiger partial charge on any atom is 0.0499 e. The van der Waals surface area contributed by atoms with Gasteiger partial charge in [0.05, 0.1) is 0 Å². The third-order valence-electron chi connectivity index (χ3n) is 4.40. The predicted molar refractivity (Wildman–Crippen MR) is 97.3 cm³/mol. The lowest BCUT2D eigenvalue weighted by Gasteiger charge is -2.30. The third-order valence-corrected chi connectivity index (χ3v) is 4.40. The first-order valence-electron chi connectivity index (χ1n) is 8.89. The number of hydrogen-bond acceptors (Lipinski definition) is 5. The van der Waals surface area contributed by atoms with Gasteiger partial charge in [-0.15, -0.1) is 0 Å². The Balaban J connectivity index is 1.87. The van der Waals surface area contributed by atoms with Crippen LogP contribution in [0.5, 0.6) is 0 Å². The molecule has 5 heteroatoms. The SMILES string of the molecule is CC1CNCCNCN(C(C)c2ccccc2)CNCCNC1. The van der Waals surface area contributed by atoms with E-state index in [-0.39, 0.29) is 0 Å². The quantitative estimate of drug-likeness (QED) is 0.655. The summed E-state index contributed by atoms with van der Waals surface area (Å²) >= 11 is 0. The van der Waals surface area contributed by atoms with Crippen LogP contribution in [0.15, 0.2) is 30.3 Å². The summed E-state index contributed by atoms with van der Waals surface area (Å²) in [6.07, 6.45) is 0. The van der Waals surface area contributed by atoms with Crippen LogP contribution >= 0.6 is 0 Å². The first-order valence-corrected chi connectivity index (χ1v) is 8.89. The molecule has 0 radical (unpaired) electrons. The van der Waals surface area contributed by atoms with Crippen LogP contribution in [0.25, 0.3) is 0 Å². The molecule has 130 valence electrons. The summed E-state index contributed by atoms with van der Waals surface area (Å²) in [7, 11) is 0. The first kappa shape index (κ1) is 18.4. The molecule has 0 amide bonds. The standard InChI is InChI=1S/C18H33N5/c1-16-12-19-8-10-21-14-23(15-22-11-9-20-13-16)17(2)18-6-4-3-5-7-18/h3-7,16-17,19-22H,8-15H2,1-2H3. The van der Waals surface area contributed by atoms with Crippen LogP contribution < -0.4 is 21.3 Å². The molecule has 1 saturated heterocycles. The van der Waals surface area contributed by atoms with Crippen molar-refractivity contribution in [1.82, 2.24) is 26.2 Å². The Hall–Kier alpha value is -0.980. The summed E-state index contributed by atoms with van der Waals surface area (Å²) in [5, 5.41) is 14.2. The minimum atomic E-state index is 0.394. The largest absolute Gasteiger partial charge is 0.315 e. The lowest BCUT2D eigenvalue weighted by molar-refractivity contribution is 0.178. The van der Waals surface area contributed by atoms with Crippen molar-refractivity contribution in [3.8, 4) is 0 Å². The van der Waals surface area contributed by atoms with E-state index in [1.54, 1.807) is 0 Å². The fourth-order valence-corrected chi connectivity index (χ4v) is 2.84. The Bertz CT molecular complexity index is 395. The van der Waals surface area contributed by atoms with Crippen LogP contribution in [0.3, 0.4) is 0 Å². The van der Waals surface area contributed by atoms with Crippen molar-refractivity contribution in [1.29, 1.82) is 0 Å². The highest BCUT2D eigenvalue weighted by molar-refractivity contribution is 5.18. The maximum absolute atomic E-state index is 3.56. The van der Waals surface area contributed by atoms with Gasteiger partial charge in [-0.05, 0) is 31.5 Å². The minimum Gasteiger partial charge on any atom is -0.315 e. The number of rotatable bonds is 2. The average molecular weight is 319 g/mol. The van der Waals surface area contributed by atoms with E-state index in [0.717, 1.165) is 52.6 Å². The molecule has 5 nitrogen and oxygen atoms in total. The first-order chi connectivity index (χ1) is 11.3. The van der Waals surface area contributed by atoms with E-state index in [9.17, 15) is 0 Å². The highest BCUT2D eigenvalue weighted by atomic mass is 15.3. The molecule has 0 aliphatic carbocycles. The summed E-state index contributed by atoms with van der Waals surface area (Å²) in [6, 6.07) is 11.1. The highest BCUT2D eigenvalue weighted by Crippen LogP contribution is 2.18. The van der Waals surface area contributed by atoms with Gasteiger partial charge in [-0.25, -0.2) is 0 Å². The van der Waals surface area contributed by atoms with E-state index in [4.69, 9.17) is 0 Å². The second kappa shape index (κ2) is 10.7. The molecule has 0 aromatic heterocycles. The van der Waals surface area contributed by atoms with E-state index in [1.165, 1.54) is 5.56 Å². The van der Waals surface area contributed by atoms with Crippen LogP contribution in [0.2, 0.25) is 0 Å². The molecule has 1 atom stereocenters. The monoisotopic (exact) mass is 319 g/mol. The Morgan fingerprint density at radius 2 is 1.39 bits per heavy atom. The van der Waals surface area contributed by atoms with Crippen LogP contribution in [0.1, 0.15) is 25.5 Å². The topological polar surface area (TPSA) is 51.4 Å². The third kappa shape index (κ3) is 6.97. The zero-order chi connectivity index (χ0) is 16.3. The molecule has 0 spiro atoms. The molecule has 4 N–H and O–H groups in total. The maximum atomic E-state index is 3.56. The predicted octanol–water partition coefficient (Wildman–Crippen LogP) is 0.973. The van der Waals surface area contributed by atoms with Crippen molar-refractivity contribution in [3.63, 3.8) is 0 Å². The number of benzene rings is 1. The van der Waals surface area contributed by atoms with Crippen molar-refractivity contribution in [2.24, 2.45) is 5.92 Å².